The summed E-state index contributed by atoms with van der Waals surface area (Å²) in [4.78, 5) is 2.58. The zero-order valence-electron chi connectivity index (χ0n) is 11.2. The lowest BCUT2D eigenvalue weighted by Gasteiger charge is -2.42. The average molecular weight is 240 g/mol. The Morgan fingerprint density at radius 2 is 1.82 bits per heavy atom. The molecule has 2 N–H and O–H groups in total. The average Bonchev–Trinajstić information content (AvgIpc) is 2.34. The first-order valence-electron chi connectivity index (χ1n) is 7.29. The van der Waals surface area contributed by atoms with Crippen LogP contribution in [0.25, 0.3) is 0 Å². The number of hydrogen-bond acceptors (Lipinski definition) is 3. The highest BCUT2D eigenvalue weighted by Crippen LogP contribution is 2.37. The van der Waals surface area contributed by atoms with Gasteiger partial charge in [-0.3, -0.25) is 0 Å². The van der Waals surface area contributed by atoms with Crippen LogP contribution in [0.3, 0.4) is 0 Å². The molecule has 1 saturated carbocycles. The van der Waals surface area contributed by atoms with Gasteiger partial charge in [0.2, 0.25) is 0 Å². The molecule has 17 heavy (non-hydrogen) atoms. The Kier molecular flexibility index (Phi) is 4.83. The molecule has 0 aromatic carbocycles. The zero-order chi connectivity index (χ0) is 12.1. The predicted molar refractivity (Wildman–Crippen MR) is 71.1 cm³/mol. The summed E-state index contributed by atoms with van der Waals surface area (Å²) in [6, 6.07) is 0. The highest BCUT2D eigenvalue weighted by molar-refractivity contribution is 4.88. The molecule has 0 spiro atoms. The van der Waals surface area contributed by atoms with Crippen LogP contribution in [0.4, 0.5) is 0 Å². The number of likely N-dealkylation sites (tertiary alicyclic amines) is 1. The second kappa shape index (κ2) is 6.17. The van der Waals surface area contributed by atoms with Crippen molar-refractivity contribution in [2.24, 2.45) is 5.41 Å². The Morgan fingerprint density at radius 1 is 1.18 bits per heavy atom. The van der Waals surface area contributed by atoms with Crippen LogP contribution in [0.5, 0.6) is 0 Å². The van der Waals surface area contributed by atoms with E-state index in [0.717, 1.165) is 32.5 Å². The number of nitrogens with zero attached hydrogens (tertiary/aromatic N) is 1. The molecule has 0 radical (unpaired) electrons. The predicted octanol–water partition coefficient (Wildman–Crippen LogP) is 1.61. The number of hydrogen-bond donors (Lipinski definition) is 2. The van der Waals surface area contributed by atoms with Gasteiger partial charge in [-0.25, -0.2) is 0 Å². The van der Waals surface area contributed by atoms with Crippen LogP contribution in [0.2, 0.25) is 0 Å². The van der Waals surface area contributed by atoms with E-state index in [9.17, 15) is 5.11 Å². The van der Waals surface area contributed by atoms with Gasteiger partial charge in [0, 0.05) is 26.2 Å². The summed E-state index contributed by atoms with van der Waals surface area (Å²) in [7, 11) is 2.08. The molecule has 100 valence electrons. The molecule has 1 aliphatic carbocycles. The zero-order valence-corrected chi connectivity index (χ0v) is 11.2. The Labute approximate surface area is 106 Å². The van der Waals surface area contributed by atoms with Crippen LogP contribution in [-0.2, 0) is 0 Å². The van der Waals surface area contributed by atoms with E-state index in [1.165, 1.54) is 38.6 Å². The van der Waals surface area contributed by atoms with Crippen molar-refractivity contribution in [1.82, 2.24) is 10.2 Å². The van der Waals surface area contributed by atoms with Crippen LogP contribution in [0, 0.1) is 5.41 Å². The molecule has 2 fully saturated rings. The van der Waals surface area contributed by atoms with E-state index in [0.29, 0.717) is 5.41 Å². The quantitative estimate of drug-likeness (QED) is 0.784. The molecule has 2 rings (SSSR count). The Bertz CT molecular complexity index is 213. The van der Waals surface area contributed by atoms with E-state index in [2.05, 4.69) is 17.3 Å². The third-order valence-corrected chi connectivity index (χ3v) is 4.58. The lowest BCUT2D eigenvalue weighted by Crippen LogP contribution is -2.47. The van der Waals surface area contributed by atoms with Crippen LogP contribution in [-0.4, -0.2) is 49.3 Å². The van der Waals surface area contributed by atoms with Crippen LogP contribution in [0.1, 0.15) is 44.9 Å². The molecule has 3 nitrogen and oxygen atoms in total. The Balaban J connectivity index is 1.88. The largest absolute Gasteiger partial charge is 0.393 e. The van der Waals surface area contributed by atoms with Gasteiger partial charge in [0.25, 0.3) is 0 Å². The minimum atomic E-state index is -0.0437. The molecule has 0 atom stereocenters. The maximum absolute atomic E-state index is 9.56. The fourth-order valence-electron chi connectivity index (χ4n) is 3.62. The van der Waals surface area contributed by atoms with Gasteiger partial charge in [-0.15, -0.1) is 0 Å². The topological polar surface area (TPSA) is 35.5 Å². The standard InChI is InChI=1S/C14H28N2O/c1-15-11-14(7-3-2-4-8-14)12-16-9-5-13(17)6-10-16/h13,15,17H,2-12H2,1H3. The van der Waals surface area contributed by atoms with Gasteiger partial charge < -0.3 is 15.3 Å². The van der Waals surface area contributed by atoms with Gasteiger partial charge in [-0.2, -0.15) is 0 Å². The van der Waals surface area contributed by atoms with E-state index in [-0.39, 0.29) is 6.10 Å². The van der Waals surface area contributed by atoms with Crippen molar-refractivity contribution in [3.63, 3.8) is 0 Å². The van der Waals surface area contributed by atoms with Crippen LogP contribution < -0.4 is 5.32 Å². The van der Waals surface area contributed by atoms with Gasteiger partial charge in [0.15, 0.2) is 0 Å². The Morgan fingerprint density at radius 3 is 2.41 bits per heavy atom. The molecule has 3 heteroatoms. The first-order valence-corrected chi connectivity index (χ1v) is 7.29. The van der Waals surface area contributed by atoms with Gasteiger partial charge in [-0.05, 0) is 38.1 Å². The van der Waals surface area contributed by atoms with Crippen molar-refractivity contribution in [2.45, 2.75) is 51.0 Å². The monoisotopic (exact) mass is 240 g/mol. The maximum Gasteiger partial charge on any atom is 0.0564 e. The summed E-state index contributed by atoms with van der Waals surface area (Å²) in [6.45, 7) is 4.58. The van der Waals surface area contributed by atoms with Crippen molar-refractivity contribution in [1.29, 1.82) is 0 Å². The summed E-state index contributed by atoms with van der Waals surface area (Å²) in [5.74, 6) is 0. The number of rotatable bonds is 4. The van der Waals surface area contributed by atoms with Crippen LogP contribution in [0.15, 0.2) is 0 Å². The molecular weight excluding hydrogens is 212 g/mol. The lowest BCUT2D eigenvalue weighted by molar-refractivity contribution is 0.0434. The summed E-state index contributed by atoms with van der Waals surface area (Å²) in [5, 5.41) is 13.0. The van der Waals surface area contributed by atoms with E-state index >= 15 is 0 Å². The van der Waals surface area contributed by atoms with Crippen molar-refractivity contribution >= 4 is 0 Å². The minimum absolute atomic E-state index is 0.0437. The highest BCUT2D eigenvalue weighted by Gasteiger charge is 2.34. The molecule has 0 aromatic heterocycles. The maximum atomic E-state index is 9.56. The van der Waals surface area contributed by atoms with E-state index < -0.39 is 0 Å². The first-order chi connectivity index (χ1) is 8.24. The molecule has 2 aliphatic rings. The molecule has 1 saturated heterocycles. The van der Waals surface area contributed by atoms with Crippen molar-refractivity contribution < 1.29 is 5.11 Å². The van der Waals surface area contributed by atoms with Gasteiger partial charge >= 0.3 is 0 Å². The second-order valence-electron chi connectivity index (χ2n) is 6.10. The van der Waals surface area contributed by atoms with Crippen molar-refractivity contribution in [3.05, 3.63) is 0 Å². The number of aliphatic hydroxyl groups excluding tert-OH is 1. The molecule has 0 aromatic rings. The third-order valence-electron chi connectivity index (χ3n) is 4.58. The summed E-state index contributed by atoms with van der Waals surface area (Å²) in [6.07, 6.45) is 8.88. The van der Waals surface area contributed by atoms with Gasteiger partial charge in [0.1, 0.15) is 0 Å². The molecule has 1 heterocycles. The summed E-state index contributed by atoms with van der Waals surface area (Å²) >= 11 is 0. The number of nitrogens with one attached hydrogen (secondary N) is 1. The second-order valence-corrected chi connectivity index (χ2v) is 6.10. The SMILES string of the molecule is CNCC1(CN2CCC(O)CC2)CCCCC1. The number of piperidine rings is 1. The minimum Gasteiger partial charge on any atom is -0.393 e. The lowest BCUT2D eigenvalue weighted by atomic mass is 9.73. The fraction of sp³-hybridized carbons (Fsp3) is 1.00. The van der Waals surface area contributed by atoms with Gasteiger partial charge in [-0.1, -0.05) is 19.3 Å². The number of aliphatic hydroxyl groups is 1. The van der Waals surface area contributed by atoms with Crippen molar-refractivity contribution in [3.8, 4) is 0 Å². The molecule has 0 unspecified atom stereocenters. The smallest absolute Gasteiger partial charge is 0.0564 e. The molecular formula is C14H28N2O. The summed E-state index contributed by atoms with van der Waals surface area (Å²) < 4.78 is 0. The highest BCUT2D eigenvalue weighted by atomic mass is 16.3. The fourth-order valence-corrected chi connectivity index (χ4v) is 3.62. The van der Waals surface area contributed by atoms with Crippen molar-refractivity contribution in [2.75, 3.05) is 33.2 Å². The van der Waals surface area contributed by atoms with Gasteiger partial charge in [0.05, 0.1) is 6.10 Å². The summed E-state index contributed by atoms with van der Waals surface area (Å²) in [5.41, 5.74) is 0.509. The first kappa shape index (κ1) is 13.3. The molecule has 0 amide bonds. The molecule has 0 bridgehead atoms. The third kappa shape index (κ3) is 3.67. The molecule has 1 aliphatic heterocycles. The normalized spacial score (nSPS) is 27.2. The van der Waals surface area contributed by atoms with E-state index in [4.69, 9.17) is 0 Å². The van der Waals surface area contributed by atoms with E-state index in [1.807, 2.05) is 0 Å². The van der Waals surface area contributed by atoms with Crippen LogP contribution >= 0.6 is 0 Å². The van der Waals surface area contributed by atoms with E-state index in [1.54, 1.807) is 0 Å². The Hall–Kier alpha value is -0.120.